The molecule has 1 saturated carbocycles. The van der Waals surface area contributed by atoms with Crippen LogP contribution in [0.15, 0.2) is 0 Å². The van der Waals surface area contributed by atoms with Crippen LogP contribution in [0.4, 0.5) is 0 Å². The molecule has 0 spiro atoms. The standard InChI is InChI=1S/C15H28N2O/c1-3-12-4-6-13(7-5-12)15(18)17-9-8-14(16)11(2)10-17/h11-14H,3-10,16H2,1-2H3. The summed E-state index contributed by atoms with van der Waals surface area (Å²) in [6.07, 6.45) is 6.95. The summed E-state index contributed by atoms with van der Waals surface area (Å²) in [6.45, 7) is 6.17. The summed E-state index contributed by atoms with van der Waals surface area (Å²) in [5.41, 5.74) is 6.02. The van der Waals surface area contributed by atoms with E-state index < -0.39 is 0 Å². The molecule has 18 heavy (non-hydrogen) atoms. The van der Waals surface area contributed by atoms with E-state index in [0.717, 1.165) is 38.3 Å². The molecule has 2 unspecified atom stereocenters. The average Bonchev–Trinajstić information content (AvgIpc) is 2.41. The van der Waals surface area contributed by atoms with Gasteiger partial charge in [-0.05, 0) is 43.9 Å². The smallest absolute Gasteiger partial charge is 0.225 e. The summed E-state index contributed by atoms with van der Waals surface area (Å²) in [6, 6.07) is 0.282. The topological polar surface area (TPSA) is 46.3 Å². The fraction of sp³-hybridized carbons (Fsp3) is 0.933. The number of nitrogens with zero attached hydrogens (tertiary/aromatic N) is 1. The second-order valence-electron chi connectivity index (χ2n) is 6.34. The van der Waals surface area contributed by atoms with E-state index in [-0.39, 0.29) is 6.04 Å². The molecule has 1 amide bonds. The van der Waals surface area contributed by atoms with Crippen molar-refractivity contribution in [1.29, 1.82) is 0 Å². The number of hydrogen-bond acceptors (Lipinski definition) is 2. The summed E-state index contributed by atoms with van der Waals surface area (Å²) in [5, 5.41) is 0. The van der Waals surface area contributed by atoms with Crippen molar-refractivity contribution in [3.63, 3.8) is 0 Å². The molecule has 3 nitrogen and oxygen atoms in total. The van der Waals surface area contributed by atoms with Gasteiger partial charge in [0, 0.05) is 25.0 Å². The maximum absolute atomic E-state index is 12.5. The Morgan fingerprint density at radius 3 is 2.44 bits per heavy atom. The van der Waals surface area contributed by atoms with E-state index in [1.54, 1.807) is 0 Å². The van der Waals surface area contributed by atoms with Crippen molar-refractivity contribution in [2.45, 2.75) is 58.4 Å². The minimum atomic E-state index is 0.282. The molecule has 2 rings (SSSR count). The molecule has 2 N–H and O–H groups in total. The molecular weight excluding hydrogens is 224 g/mol. The van der Waals surface area contributed by atoms with Gasteiger partial charge in [0.1, 0.15) is 0 Å². The lowest BCUT2D eigenvalue weighted by Gasteiger charge is -2.38. The largest absolute Gasteiger partial charge is 0.342 e. The van der Waals surface area contributed by atoms with E-state index in [0.29, 0.717) is 17.7 Å². The van der Waals surface area contributed by atoms with E-state index in [1.807, 2.05) is 0 Å². The third-order valence-corrected chi connectivity index (χ3v) is 5.06. The zero-order chi connectivity index (χ0) is 13.1. The van der Waals surface area contributed by atoms with Gasteiger partial charge < -0.3 is 10.6 Å². The first-order chi connectivity index (χ1) is 8.61. The third-order valence-electron chi connectivity index (χ3n) is 5.06. The molecule has 0 aromatic carbocycles. The summed E-state index contributed by atoms with van der Waals surface area (Å²) in [4.78, 5) is 14.6. The number of rotatable bonds is 2. The van der Waals surface area contributed by atoms with E-state index in [9.17, 15) is 4.79 Å². The van der Waals surface area contributed by atoms with Crippen LogP contribution in [0.2, 0.25) is 0 Å². The summed E-state index contributed by atoms with van der Waals surface area (Å²) in [5.74, 6) is 2.02. The maximum Gasteiger partial charge on any atom is 0.225 e. The van der Waals surface area contributed by atoms with Gasteiger partial charge in [0.15, 0.2) is 0 Å². The highest BCUT2D eigenvalue weighted by Gasteiger charge is 2.32. The number of likely N-dealkylation sites (tertiary alicyclic amines) is 1. The summed E-state index contributed by atoms with van der Waals surface area (Å²) >= 11 is 0. The van der Waals surface area contributed by atoms with Crippen LogP contribution in [-0.4, -0.2) is 29.9 Å². The van der Waals surface area contributed by atoms with E-state index >= 15 is 0 Å². The van der Waals surface area contributed by atoms with Crippen LogP contribution in [0.1, 0.15) is 52.4 Å². The minimum absolute atomic E-state index is 0.282. The molecule has 0 bridgehead atoms. The molecule has 1 heterocycles. The Hall–Kier alpha value is -0.570. The second-order valence-corrected chi connectivity index (χ2v) is 6.34. The van der Waals surface area contributed by atoms with Crippen LogP contribution in [0.3, 0.4) is 0 Å². The molecule has 2 fully saturated rings. The summed E-state index contributed by atoms with van der Waals surface area (Å²) in [7, 11) is 0. The molecule has 104 valence electrons. The Kier molecular flexibility index (Phi) is 4.66. The molecule has 2 aliphatic rings. The predicted octanol–water partition coefficient (Wildman–Crippen LogP) is 2.40. The molecule has 0 radical (unpaired) electrons. The van der Waals surface area contributed by atoms with Gasteiger partial charge in [-0.15, -0.1) is 0 Å². The number of carbonyl (C=O) groups excluding carboxylic acids is 1. The van der Waals surface area contributed by atoms with Gasteiger partial charge in [0.25, 0.3) is 0 Å². The molecular formula is C15H28N2O. The Bertz CT molecular complexity index is 284. The Morgan fingerprint density at radius 2 is 1.89 bits per heavy atom. The van der Waals surface area contributed by atoms with Crippen molar-refractivity contribution in [3.05, 3.63) is 0 Å². The highest BCUT2D eigenvalue weighted by Crippen LogP contribution is 2.32. The van der Waals surface area contributed by atoms with Gasteiger partial charge in [-0.2, -0.15) is 0 Å². The zero-order valence-corrected chi connectivity index (χ0v) is 11.9. The number of carbonyl (C=O) groups is 1. The molecule has 1 aliphatic carbocycles. The normalized spacial score (nSPS) is 37.6. The molecule has 0 aromatic heterocycles. The quantitative estimate of drug-likeness (QED) is 0.820. The van der Waals surface area contributed by atoms with Gasteiger partial charge in [0.2, 0.25) is 5.91 Å². The minimum Gasteiger partial charge on any atom is -0.342 e. The lowest BCUT2D eigenvalue weighted by atomic mass is 9.80. The fourth-order valence-corrected chi connectivity index (χ4v) is 3.44. The molecule has 3 heteroatoms. The van der Waals surface area contributed by atoms with Gasteiger partial charge in [0.05, 0.1) is 0 Å². The van der Waals surface area contributed by atoms with E-state index in [2.05, 4.69) is 18.7 Å². The van der Waals surface area contributed by atoms with Gasteiger partial charge in [-0.1, -0.05) is 20.3 Å². The fourth-order valence-electron chi connectivity index (χ4n) is 3.44. The number of nitrogens with two attached hydrogens (primary N) is 1. The zero-order valence-electron chi connectivity index (χ0n) is 11.9. The molecule has 1 saturated heterocycles. The van der Waals surface area contributed by atoms with Crippen LogP contribution in [0, 0.1) is 17.8 Å². The highest BCUT2D eigenvalue weighted by atomic mass is 16.2. The Balaban J connectivity index is 1.84. The monoisotopic (exact) mass is 252 g/mol. The van der Waals surface area contributed by atoms with Crippen LogP contribution in [0.25, 0.3) is 0 Å². The number of amides is 1. The van der Waals surface area contributed by atoms with E-state index in [4.69, 9.17) is 5.73 Å². The maximum atomic E-state index is 12.5. The van der Waals surface area contributed by atoms with Crippen molar-refractivity contribution in [3.8, 4) is 0 Å². The van der Waals surface area contributed by atoms with Crippen molar-refractivity contribution in [2.75, 3.05) is 13.1 Å². The first-order valence-electron chi connectivity index (χ1n) is 7.66. The molecule has 0 aromatic rings. The summed E-state index contributed by atoms with van der Waals surface area (Å²) < 4.78 is 0. The Labute approximate surface area is 111 Å². The van der Waals surface area contributed by atoms with Crippen LogP contribution in [0.5, 0.6) is 0 Å². The lowest BCUT2D eigenvalue weighted by molar-refractivity contribution is -0.138. The highest BCUT2D eigenvalue weighted by molar-refractivity contribution is 5.79. The first kappa shape index (κ1) is 13.9. The first-order valence-corrected chi connectivity index (χ1v) is 7.66. The Morgan fingerprint density at radius 1 is 1.22 bits per heavy atom. The van der Waals surface area contributed by atoms with Crippen molar-refractivity contribution >= 4 is 5.91 Å². The number of hydrogen-bond donors (Lipinski definition) is 1. The third kappa shape index (κ3) is 3.05. The van der Waals surface area contributed by atoms with Crippen LogP contribution < -0.4 is 5.73 Å². The molecule has 1 aliphatic heterocycles. The van der Waals surface area contributed by atoms with Gasteiger partial charge in [-0.3, -0.25) is 4.79 Å². The van der Waals surface area contributed by atoms with Gasteiger partial charge >= 0.3 is 0 Å². The SMILES string of the molecule is CCC1CCC(C(=O)N2CCC(N)C(C)C2)CC1. The second kappa shape index (κ2) is 6.05. The average molecular weight is 252 g/mol. The van der Waals surface area contributed by atoms with Crippen LogP contribution >= 0.6 is 0 Å². The van der Waals surface area contributed by atoms with Crippen LogP contribution in [-0.2, 0) is 4.79 Å². The molecule has 2 atom stereocenters. The van der Waals surface area contributed by atoms with Gasteiger partial charge in [-0.25, -0.2) is 0 Å². The van der Waals surface area contributed by atoms with Crippen molar-refractivity contribution < 1.29 is 4.79 Å². The number of piperidine rings is 1. The van der Waals surface area contributed by atoms with E-state index in [1.165, 1.54) is 19.3 Å². The lowest BCUT2D eigenvalue weighted by Crippen LogP contribution is -2.50. The van der Waals surface area contributed by atoms with Crippen molar-refractivity contribution in [2.24, 2.45) is 23.5 Å². The van der Waals surface area contributed by atoms with Crippen molar-refractivity contribution in [1.82, 2.24) is 4.90 Å². The predicted molar refractivity (Wildman–Crippen MR) is 74.1 cm³/mol.